The first-order valence-corrected chi connectivity index (χ1v) is 8.78. The summed E-state index contributed by atoms with van der Waals surface area (Å²) in [6, 6.07) is 1.56. The molecule has 0 aromatic carbocycles. The molecule has 0 aromatic rings. The fourth-order valence-electron chi connectivity index (χ4n) is 3.93. The fraction of sp³-hybridized carbons (Fsp3) is 1.00. The van der Waals surface area contributed by atoms with E-state index in [1.165, 1.54) is 77.4 Å². The molecule has 0 aromatic heterocycles. The van der Waals surface area contributed by atoms with E-state index in [4.69, 9.17) is 0 Å². The van der Waals surface area contributed by atoms with Crippen LogP contribution in [-0.4, -0.2) is 36.6 Å². The first-order chi connectivity index (χ1) is 9.31. The van der Waals surface area contributed by atoms with E-state index in [9.17, 15) is 0 Å². The molecule has 1 saturated carbocycles. The van der Waals surface area contributed by atoms with Gasteiger partial charge in [-0.05, 0) is 58.0 Å². The largest absolute Gasteiger partial charge is 0.312 e. The molecule has 0 bridgehead atoms. The molecule has 2 aliphatic rings. The highest BCUT2D eigenvalue weighted by Gasteiger charge is 2.27. The van der Waals surface area contributed by atoms with Crippen molar-refractivity contribution in [2.75, 3.05) is 19.6 Å². The highest BCUT2D eigenvalue weighted by Crippen LogP contribution is 2.28. The van der Waals surface area contributed by atoms with Gasteiger partial charge in [0, 0.05) is 18.6 Å². The van der Waals surface area contributed by atoms with Crippen molar-refractivity contribution >= 4 is 0 Å². The van der Waals surface area contributed by atoms with Gasteiger partial charge in [-0.2, -0.15) is 0 Å². The molecular weight excluding hydrogens is 232 g/mol. The van der Waals surface area contributed by atoms with E-state index < -0.39 is 0 Å². The second-order valence-corrected chi connectivity index (χ2v) is 6.80. The zero-order chi connectivity index (χ0) is 13.5. The van der Waals surface area contributed by atoms with Crippen LogP contribution in [0.15, 0.2) is 0 Å². The van der Waals surface area contributed by atoms with Gasteiger partial charge in [0.25, 0.3) is 0 Å². The molecule has 1 heterocycles. The number of hydrogen-bond acceptors (Lipinski definition) is 2. The number of likely N-dealkylation sites (tertiary alicyclic amines) is 1. The molecule has 1 N–H and O–H groups in total. The number of nitrogens with zero attached hydrogens (tertiary/aromatic N) is 1. The topological polar surface area (TPSA) is 15.3 Å². The Morgan fingerprint density at radius 2 is 1.79 bits per heavy atom. The lowest BCUT2D eigenvalue weighted by molar-refractivity contribution is 0.119. The smallest absolute Gasteiger partial charge is 0.0223 e. The molecule has 2 atom stereocenters. The van der Waals surface area contributed by atoms with Crippen molar-refractivity contribution in [2.24, 2.45) is 5.92 Å². The molecule has 2 nitrogen and oxygen atoms in total. The van der Waals surface area contributed by atoms with Gasteiger partial charge in [0.05, 0.1) is 0 Å². The Balaban J connectivity index is 1.87. The van der Waals surface area contributed by atoms with Crippen LogP contribution in [0.2, 0.25) is 0 Å². The van der Waals surface area contributed by atoms with Crippen molar-refractivity contribution in [1.29, 1.82) is 0 Å². The lowest BCUT2D eigenvalue weighted by Gasteiger charge is -2.39. The van der Waals surface area contributed by atoms with Gasteiger partial charge < -0.3 is 5.32 Å². The third-order valence-corrected chi connectivity index (χ3v) is 5.25. The molecule has 112 valence electrons. The summed E-state index contributed by atoms with van der Waals surface area (Å²) in [5.74, 6) is 0.939. The highest BCUT2D eigenvalue weighted by molar-refractivity contribution is 4.85. The van der Waals surface area contributed by atoms with E-state index >= 15 is 0 Å². The molecule has 2 heteroatoms. The third kappa shape index (κ3) is 4.75. The molecule has 0 amide bonds. The first-order valence-electron chi connectivity index (χ1n) is 8.78. The van der Waals surface area contributed by atoms with Crippen LogP contribution in [0, 0.1) is 5.92 Å². The fourth-order valence-corrected chi connectivity index (χ4v) is 3.93. The first kappa shape index (κ1) is 15.3. The van der Waals surface area contributed by atoms with Crippen LogP contribution in [0.3, 0.4) is 0 Å². The van der Waals surface area contributed by atoms with Crippen molar-refractivity contribution < 1.29 is 0 Å². The van der Waals surface area contributed by atoms with E-state index in [0.717, 1.165) is 18.0 Å². The Bertz CT molecular complexity index is 235. The van der Waals surface area contributed by atoms with Crippen LogP contribution in [0.25, 0.3) is 0 Å². The van der Waals surface area contributed by atoms with Crippen molar-refractivity contribution in [1.82, 2.24) is 10.2 Å². The minimum Gasteiger partial charge on any atom is -0.312 e. The predicted octanol–water partition coefficient (Wildman–Crippen LogP) is 3.81. The van der Waals surface area contributed by atoms with Crippen LogP contribution < -0.4 is 5.32 Å². The Labute approximate surface area is 120 Å². The van der Waals surface area contributed by atoms with Crippen molar-refractivity contribution in [3.8, 4) is 0 Å². The van der Waals surface area contributed by atoms with Gasteiger partial charge in [-0.1, -0.05) is 32.6 Å². The lowest BCUT2D eigenvalue weighted by Crippen LogP contribution is -2.50. The summed E-state index contributed by atoms with van der Waals surface area (Å²) in [5, 5.41) is 3.87. The molecule has 0 radical (unpaired) electrons. The minimum atomic E-state index is 0.751. The Kier molecular flexibility index (Phi) is 6.66. The molecule has 19 heavy (non-hydrogen) atoms. The van der Waals surface area contributed by atoms with Crippen molar-refractivity contribution in [3.63, 3.8) is 0 Å². The van der Waals surface area contributed by atoms with Gasteiger partial charge in [-0.3, -0.25) is 4.90 Å². The number of piperidine rings is 1. The monoisotopic (exact) mass is 266 g/mol. The van der Waals surface area contributed by atoms with Crippen LogP contribution in [0.1, 0.15) is 71.6 Å². The van der Waals surface area contributed by atoms with E-state index in [1.807, 2.05) is 0 Å². The summed E-state index contributed by atoms with van der Waals surface area (Å²) in [5.41, 5.74) is 0. The van der Waals surface area contributed by atoms with Crippen LogP contribution >= 0.6 is 0 Å². The molecule has 1 saturated heterocycles. The quantitative estimate of drug-likeness (QED) is 0.786. The van der Waals surface area contributed by atoms with Gasteiger partial charge in [0.2, 0.25) is 0 Å². The summed E-state index contributed by atoms with van der Waals surface area (Å²) in [4.78, 5) is 2.76. The molecule has 0 spiro atoms. The van der Waals surface area contributed by atoms with Gasteiger partial charge in [-0.25, -0.2) is 0 Å². The van der Waals surface area contributed by atoms with Gasteiger partial charge in [-0.15, -0.1) is 0 Å². The number of rotatable bonds is 6. The van der Waals surface area contributed by atoms with E-state index in [0.29, 0.717) is 0 Å². The zero-order valence-electron chi connectivity index (χ0n) is 13.2. The number of nitrogens with one attached hydrogen (secondary N) is 1. The number of hydrogen-bond donors (Lipinski definition) is 1. The van der Waals surface area contributed by atoms with Crippen LogP contribution in [-0.2, 0) is 0 Å². The van der Waals surface area contributed by atoms with E-state index in [-0.39, 0.29) is 0 Å². The molecule has 1 aliphatic carbocycles. The SMILES string of the molecule is CCCNC(CN1CCCCC1C)C1CCCCC1. The third-order valence-electron chi connectivity index (χ3n) is 5.25. The molecule has 2 unspecified atom stereocenters. The van der Waals surface area contributed by atoms with Crippen LogP contribution in [0.5, 0.6) is 0 Å². The maximum atomic E-state index is 3.87. The van der Waals surface area contributed by atoms with Crippen molar-refractivity contribution in [2.45, 2.75) is 83.7 Å². The maximum absolute atomic E-state index is 3.87. The normalized spacial score (nSPS) is 28.4. The lowest BCUT2D eigenvalue weighted by atomic mass is 9.83. The summed E-state index contributed by atoms with van der Waals surface area (Å²) >= 11 is 0. The summed E-state index contributed by atoms with van der Waals surface area (Å²) in [6.45, 7) is 8.54. The summed E-state index contributed by atoms with van der Waals surface area (Å²) in [6.07, 6.45) is 12.8. The Morgan fingerprint density at radius 1 is 1.05 bits per heavy atom. The molecular formula is C17H34N2. The molecule has 2 fully saturated rings. The second-order valence-electron chi connectivity index (χ2n) is 6.80. The standard InChI is InChI=1S/C17H34N2/c1-3-12-18-17(16-10-5-4-6-11-16)14-19-13-8-7-9-15(19)2/h15-18H,3-14H2,1-2H3. The van der Waals surface area contributed by atoms with Gasteiger partial charge >= 0.3 is 0 Å². The zero-order valence-corrected chi connectivity index (χ0v) is 13.2. The molecule has 2 rings (SSSR count). The average Bonchev–Trinajstić information content (AvgIpc) is 2.46. The van der Waals surface area contributed by atoms with E-state index in [1.54, 1.807) is 0 Å². The highest BCUT2D eigenvalue weighted by atomic mass is 15.2. The maximum Gasteiger partial charge on any atom is 0.0223 e. The van der Waals surface area contributed by atoms with Gasteiger partial charge in [0.1, 0.15) is 0 Å². The summed E-state index contributed by atoms with van der Waals surface area (Å²) in [7, 11) is 0. The minimum absolute atomic E-state index is 0.751. The summed E-state index contributed by atoms with van der Waals surface area (Å²) < 4.78 is 0. The second kappa shape index (κ2) is 8.26. The Hall–Kier alpha value is -0.0800. The van der Waals surface area contributed by atoms with Gasteiger partial charge in [0.15, 0.2) is 0 Å². The molecule has 1 aliphatic heterocycles. The Morgan fingerprint density at radius 3 is 2.47 bits per heavy atom. The van der Waals surface area contributed by atoms with Crippen LogP contribution in [0.4, 0.5) is 0 Å². The average molecular weight is 266 g/mol. The van der Waals surface area contributed by atoms with Crippen molar-refractivity contribution in [3.05, 3.63) is 0 Å². The van der Waals surface area contributed by atoms with E-state index in [2.05, 4.69) is 24.1 Å². The predicted molar refractivity (Wildman–Crippen MR) is 83.5 cm³/mol.